The molecule has 0 fully saturated rings. The van der Waals surface area contributed by atoms with Gasteiger partial charge in [0.1, 0.15) is 5.69 Å². The highest BCUT2D eigenvalue weighted by Gasteiger charge is 2.05. The number of nitrogens with zero attached hydrogens (tertiary/aromatic N) is 3. The molecule has 2 aromatic rings. The Morgan fingerprint density at radius 1 is 1.29 bits per heavy atom. The van der Waals surface area contributed by atoms with Crippen LogP contribution >= 0.6 is 34.2 Å². The van der Waals surface area contributed by atoms with Crippen LogP contribution in [0.3, 0.4) is 0 Å². The summed E-state index contributed by atoms with van der Waals surface area (Å²) in [4.78, 5) is 7.75. The van der Waals surface area contributed by atoms with Gasteiger partial charge in [0.15, 0.2) is 5.82 Å². The highest BCUT2D eigenvalue weighted by Crippen LogP contribution is 2.26. The van der Waals surface area contributed by atoms with Crippen LogP contribution in [0, 0.1) is 9.10 Å². The van der Waals surface area contributed by atoms with Gasteiger partial charge in [-0.2, -0.15) is 10.1 Å². The summed E-state index contributed by atoms with van der Waals surface area (Å²) in [6.45, 7) is 0. The average molecular weight is 360 g/mol. The molecule has 1 aromatic carbocycles. The summed E-state index contributed by atoms with van der Waals surface area (Å²) >= 11 is 7.92. The van der Waals surface area contributed by atoms with E-state index in [1.165, 1.54) is 6.20 Å². The van der Waals surface area contributed by atoms with E-state index in [9.17, 15) is 0 Å². The summed E-state index contributed by atoms with van der Waals surface area (Å²) < 4.78 is 1.14. The first-order chi connectivity index (χ1) is 8.19. The van der Waals surface area contributed by atoms with Crippen molar-refractivity contribution in [3.8, 4) is 0 Å². The molecule has 1 aromatic heterocycles. The number of nitrogens with one attached hydrogen (secondary N) is 2. The molecule has 0 unspecified atom stereocenters. The summed E-state index contributed by atoms with van der Waals surface area (Å²) in [5.41, 5.74) is 8.21. The first-order valence-corrected chi connectivity index (χ1v) is 6.07. The molecule has 17 heavy (non-hydrogen) atoms. The molecule has 2 rings (SSSR count). The van der Waals surface area contributed by atoms with Crippen LogP contribution < -0.4 is 5.32 Å². The Hall–Kier alpha value is -1.28. The van der Waals surface area contributed by atoms with Gasteiger partial charge in [0.25, 0.3) is 0 Å². The fraction of sp³-hybridized carbons (Fsp3) is 0. The third-order valence-electron chi connectivity index (χ3n) is 1.97. The predicted octanol–water partition coefficient (Wildman–Crippen LogP) is 4.14. The molecule has 0 aliphatic carbocycles. The molecule has 0 spiro atoms. The first kappa shape index (κ1) is 12.2. The Kier molecular flexibility index (Phi) is 3.85. The maximum Gasteiger partial charge on any atom is 0.224 e. The van der Waals surface area contributed by atoms with Crippen molar-refractivity contribution in [2.24, 2.45) is 5.11 Å². The van der Waals surface area contributed by atoms with Crippen molar-refractivity contribution in [1.29, 1.82) is 5.53 Å². The lowest BCUT2D eigenvalue weighted by Gasteiger charge is -2.07. The van der Waals surface area contributed by atoms with Crippen molar-refractivity contribution in [2.75, 3.05) is 5.32 Å². The molecule has 0 radical (unpaired) electrons. The minimum atomic E-state index is 0.116. The van der Waals surface area contributed by atoms with Crippen molar-refractivity contribution in [2.45, 2.75) is 0 Å². The van der Waals surface area contributed by atoms with Crippen LogP contribution in [-0.4, -0.2) is 9.97 Å². The quantitative estimate of drug-likeness (QED) is 0.491. The van der Waals surface area contributed by atoms with Crippen LogP contribution in [0.4, 0.5) is 17.2 Å². The van der Waals surface area contributed by atoms with E-state index in [-0.39, 0.29) is 5.28 Å². The third kappa shape index (κ3) is 3.10. The zero-order valence-corrected chi connectivity index (χ0v) is 11.4. The van der Waals surface area contributed by atoms with E-state index in [1.807, 2.05) is 24.3 Å². The summed E-state index contributed by atoms with van der Waals surface area (Å²) in [7, 11) is 0. The van der Waals surface area contributed by atoms with Gasteiger partial charge in [-0.25, -0.2) is 10.5 Å². The number of rotatable bonds is 3. The Labute approximate surface area is 116 Å². The highest BCUT2D eigenvalue weighted by atomic mass is 127. The maximum absolute atomic E-state index is 7.02. The van der Waals surface area contributed by atoms with E-state index in [0.29, 0.717) is 11.5 Å². The summed E-state index contributed by atoms with van der Waals surface area (Å²) in [5.74, 6) is 0.418. The lowest BCUT2D eigenvalue weighted by atomic mass is 10.3. The molecule has 7 heteroatoms. The number of anilines is 2. The topological polar surface area (TPSA) is 74.0 Å². The van der Waals surface area contributed by atoms with Crippen LogP contribution in [0.25, 0.3) is 0 Å². The van der Waals surface area contributed by atoms with E-state index < -0.39 is 0 Å². The Balaban J connectivity index is 2.31. The van der Waals surface area contributed by atoms with Crippen LogP contribution in [0.1, 0.15) is 0 Å². The van der Waals surface area contributed by atoms with Gasteiger partial charge in [0, 0.05) is 9.26 Å². The van der Waals surface area contributed by atoms with Gasteiger partial charge in [0.05, 0.1) is 6.20 Å². The number of hydrogen-bond acceptors (Lipinski definition) is 5. The molecule has 0 bridgehead atoms. The standard InChI is InChI=1S/C10H7ClIN5/c11-10-14-5-8(17-13)9(16-10)15-7-3-1-6(12)2-4-7/h1-5,13H,(H,14,15,16). The smallest absolute Gasteiger partial charge is 0.224 e. The van der Waals surface area contributed by atoms with Crippen molar-refractivity contribution >= 4 is 51.4 Å². The van der Waals surface area contributed by atoms with Gasteiger partial charge in [-0.05, 0) is 58.5 Å². The highest BCUT2D eigenvalue weighted by molar-refractivity contribution is 14.1. The normalized spacial score (nSPS) is 10.0. The molecule has 0 atom stereocenters. The number of hydrogen-bond donors (Lipinski definition) is 2. The maximum atomic E-state index is 7.02. The summed E-state index contributed by atoms with van der Waals surface area (Å²) in [6.07, 6.45) is 1.40. The lowest BCUT2D eigenvalue weighted by Crippen LogP contribution is -1.95. The van der Waals surface area contributed by atoms with Crippen LogP contribution in [0.5, 0.6) is 0 Å². The molecule has 0 aliphatic heterocycles. The molecular formula is C10H7ClIN5. The molecule has 0 saturated carbocycles. The summed E-state index contributed by atoms with van der Waals surface area (Å²) in [5, 5.41) is 6.48. The average Bonchev–Trinajstić information content (AvgIpc) is 2.32. The Morgan fingerprint density at radius 2 is 2.00 bits per heavy atom. The zero-order chi connectivity index (χ0) is 12.3. The zero-order valence-electron chi connectivity index (χ0n) is 8.48. The molecule has 86 valence electrons. The van der Waals surface area contributed by atoms with E-state index in [1.54, 1.807) is 0 Å². The van der Waals surface area contributed by atoms with E-state index in [0.717, 1.165) is 9.26 Å². The molecule has 0 aliphatic rings. The predicted molar refractivity (Wildman–Crippen MR) is 74.3 cm³/mol. The lowest BCUT2D eigenvalue weighted by molar-refractivity contribution is 1.09. The first-order valence-electron chi connectivity index (χ1n) is 4.61. The van der Waals surface area contributed by atoms with Gasteiger partial charge >= 0.3 is 0 Å². The second kappa shape index (κ2) is 5.37. The second-order valence-electron chi connectivity index (χ2n) is 3.12. The summed E-state index contributed by atoms with van der Waals surface area (Å²) in [6, 6.07) is 7.74. The van der Waals surface area contributed by atoms with Crippen molar-refractivity contribution in [1.82, 2.24) is 9.97 Å². The third-order valence-corrected chi connectivity index (χ3v) is 2.87. The number of aromatic nitrogens is 2. The fourth-order valence-corrected chi connectivity index (χ4v) is 1.69. The number of halogens is 2. The second-order valence-corrected chi connectivity index (χ2v) is 4.70. The molecule has 5 nitrogen and oxygen atoms in total. The minimum Gasteiger partial charge on any atom is -0.338 e. The molecular weight excluding hydrogens is 353 g/mol. The SMILES string of the molecule is N=Nc1cnc(Cl)nc1Nc1ccc(I)cc1. The van der Waals surface area contributed by atoms with E-state index in [2.05, 4.69) is 43.0 Å². The largest absolute Gasteiger partial charge is 0.338 e. The van der Waals surface area contributed by atoms with Gasteiger partial charge in [-0.1, -0.05) is 0 Å². The van der Waals surface area contributed by atoms with Crippen molar-refractivity contribution in [3.05, 3.63) is 39.3 Å². The fourth-order valence-electron chi connectivity index (χ4n) is 1.20. The Morgan fingerprint density at radius 3 is 2.65 bits per heavy atom. The molecule has 1 heterocycles. The van der Waals surface area contributed by atoms with E-state index in [4.69, 9.17) is 17.1 Å². The van der Waals surface area contributed by atoms with Crippen LogP contribution in [0.2, 0.25) is 5.28 Å². The van der Waals surface area contributed by atoms with Gasteiger partial charge < -0.3 is 5.32 Å². The van der Waals surface area contributed by atoms with Gasteiger partial charge in [-0.3, -0.25) is 0 Å². The van der Waals surface area contributed by atoms with E-state index >= 15 is 0 Å². The number of benzene rings is 1. The monoisotopic (exact) mass is 359 g/mol. The van der Waals surface area contributed by atoms with Crippen LogP contribution in [0.15, 0.2) is 35.6 Å². The van der Waals surface area contributed by atoms with Gasteiger partial charge in [0.2, 0.25) is 5.28 Å². The molecule has 0 amide bonds. The van der Waals surface area contributed by atoms with Gasteiger partial charge in [-0.15, -0.1) is 0 Å². The Bertz CT molecular complexity index is 543. The molecule has 0 saturated heterocycles. The van der Waals surface area contributed by atoms with Crippen molar-refractivity contribution < 1.29 is 0 Å². The minimum absolute atomic E-state index is 0.116. The van der Waals surface area contributed by atoms with Crippen LogP contribution in [-0.2, 0) is 0 Å². The molecule has 2 N–H and O–H groups in total. The van der Waals surface area contributed by atoms with Crippen molar-refractivity contribution in [3.63, 3.8) is 0 Å².